The van der Waals surface area contributed by atoms with Gasteiger partial charge >= 0.3 is 0 Å². The molecule has 1 atom stereocenters. The molecule has 0 saturated carbocycles. The van der Waals surface area contributed by atoms with Gasteiger partial charge in [-0.3, -0.25) is 4.79 Å². The van der Waals surface area contributed by atoms with Gasteiger partial charge in [0.05, 0.1) is 5.60 Å². The summed E-state index contributed by atoms with van der Waals surface area (Å²) in [7, 11) is 1.57. The molecule has 19 heavy (non-hydrogen) atoms. The van der Waals surface area contributed by atoms with E-state index in [1.807, 2.05) is 6.92 Å². The van der Waals surface area contributed by atoms with Crippen LogP contribution >= 0.6 is 11.6 Å². The van der Waals surface area contributed by atoms with Crippen molar-refractivity contribution in [2.24, 2.45) is 0 Å². The lowest BCUT2D eigenvalue weighted by atomic mass is 10.0. The molecule has 0 aliphatic heterocycles. The third kappa shape index (κ3) is 5.19. The Morgan fingerprint density at radius 1 is 1.53 bits per heavy atom. The van der Waals surface area contributed by atoms with Crippen molar-refractivity contribution in [3.05, 3.63) is 34.3 Å². The van der Waals surface area contributed by atoms with Crippen LogP contribution in [0.5, 0.6) is 0 Å². The number of benzene rings is 1. The molecule has 2 N–H and O–H groups in total. The number of carbonyl (C=O) groups excluding carboxylic acids is 1. The Morgan fingerprint density at radius 2 is 2.21 bits per heavy atom. The number of halogens is 1. The molecule has 0 bridgehead atoms. The fraction of sp³-hybridized carbons (Fsp3) is 0.500. The van der Waals surface area contributed by atoms with Crippen LogP contribution < -0.4 is 5.32 Å². The van der Waals surface area contributed by atoms with Crippen LogP contribution in [-0.2, 0) is 4.74 Å². The van der Waals surface area contributed by atoms with Crippen LogP contribution in [0.4, 0.5) is 0 Å². The lowest BCUT2D eigenvalue weighted by Crippen LogP contribution is -2.41. The highest BCUT2D eigenvalue weighted by molar-refractivity contribution is 6.31. The molecular formula is C14H20ClNO3. The highest BCUT2D eigenvalue weighted by Crippen LogP contribution is 2.15. The fourth-order valence-electron chi connectivity index (χ4n) is 1.62. The van der Waals surface area contributed by atoms with Gasteiger partial charge in [0.25, 0.3) is 5.91 Å². The zero-order valence-corrected chi connectivity index (χ0v) is 12.3. The van der Waals surface area contributed by atoms with E-state index >= 15 is 0 Å². The average Bonchev–Trinajstić information content (AvgIpc) is 2.36. The summed E-state index contributed by atoms with van der Waals surface area (Å²) in [5.74, 6) is -0.238. The van der Waals surface area contributed by atoms with Gasteiger partial charge in [-0.05, 0) is 31.5 Å². The summed E-state index contributed by atoms with van der Waals surface area (Å²) < 4.78 is 4.91. The Hall–Kier alpha value is -1.10. The Balaban J connectivity index is 2.62. The molecule has 1 unspecified atom stereocenters. The number of aliphatic hydroxyl groups is 1. The van der Waals surface area contributed by atoms with Crippen molar-refractivity contribution in [1.29, 1.82) is 0 Å². The molecule has 0 heterocycles. The number of amides is 1. The molecule has 0 spiro atoms. The van der Waals surface area contributed by atoms with E-state index in [-0.39, 0.29) is 12.5 Å². The minimum atomic E-state index is -0.988. The molecule has 4 nitrogen and oxygen atoms in total. The number of ether oxygens (including phenoxy) is 1. The third-order valence-electron chi connectivity index (χ3n) is 2.92. The van der Waals surface area contributed by atoms with Crippen LogP contribution in [-0.4, -0.2) is 36.9 Å². The van der Waals surface area contributed by atoms with Crippen molar-refractivity contribution in [1.82, 2.24) is 5.32 Å². The monoisotopic (exact) mass is 285 g/mol. The van der Waals surface area contributed by atoms with Crippen molar-refractivity contribution in [3.8, 4) is 0 Å². The summed E-state index contributed by atoms with van der Waals surface area (Å²) >= 11 is 5.87. The lowest BCUT2D eigenvalue weighted by molar-refractivity contribution is 0.0243. The number of carbonyl (C=O) groups is 1. The summed E-state index contributed by atoms with van der Waals surface area (Å²) in [5.41, 5.74) is 0.381. The van der Waals surface area contributed by atoms with Gasteiger partial charge in [0, 0.05) is 37.3 Å². The topological polar surface area (TPSA) is 58.6 Å². The van der Waals surface area contributed by atoms with E-state index in [0.717, 1.165) is 5.56 Å². The van der Waals surface area contributed by atoms with Gasteiger partial charge in [0.1, 0.15) is 0 Å². The SMILES string of the molecule is COCCC(C)(O)CNC(=O)c1cc(Cl)ccc1C. The number of rotatable bonds is 6. The first-order chi connectivity index (χ1) is 8.85. The first kappa shape index (κ1) is 16.0. The standard InChI is InChI=1S/C14H20ClNO3/c1-10-4-5-11(15)8-12(10)13(17)16-9-14(2,18)6-7-19-3/h4-5,8,18H,6-7,9H2,1-3H3,(H,16,17). The van der Waals surface area contributed by atoms with Crippen molar-refractivity contribution in [3.63, 3.8) is 0 Å². The second kappa shape index (κ2) is 6.89. The van der Waals surface area contributed by atoms with Crippen LogP contribution in [0, 0.1) is 6.92 Å². The van der Waals surface area contributed by atoms with Crippen LogP contribution in [0.2, 0.25) is 5.02 Å². The smallest absolute Gasteiger partial charge is 0.251 e. The van der Waals surface area contributed by atoms with E-state index in [9.17, 15) is 9.90 Å². The maximum atomic E-state index is 12.0. The summed E-state index contributed by atoms with van der Waals surface area (Å²) in [6, 6.07) is 5.15. The quantitative estimate of drug-likeness (QED) is 0.842. The molecule has 0 aliphatic carbocycles. The first-order valence-corrected chi connectivity index (χ1v) is 6.49. The second-order valence-electron chi connectivity index (χ2n) is 4.88. The summed E-state index contributed by atoms with van der Waals surface area (Å²) in [5, 5.41) is 13.3. The second-order valence-corrected chi connectivity index (χ2v) is 5.32. The Labute approximate surface area is 118 Å². The number of aryl methyl sites for hydroxylation is 1. The Bertz CT molecular complexity index is 446. The average molecular weight is 286 g/mol. The first-order valence-electron chi connectivity index (χ1n) is 6.11. The molecule has 106 valence electrons. The molecular weight excluding hydrogens is 266 g/mol. The van der Waals surface area contributed by atoms with Crippen LogP contribution in [0.25, 0.3) is 0 Å². The zero-order chi connectivity index (χ0) is 14.5. The molecule has 1 rings (SSSR count). The van der Waals surface area contributed by atoms with E-state index in [4.69, 9.17) is 16.3 Å². The van der Waals surface area contributed by atoms with E-state index in [1.165, 1.54) is 0 Å². The highest BCUT2D eigenvalue weighted by atomic mass is 35.5. The van der Waals surface area contributed by atoms with Crippen molar-refractivity contribution in [2.75, 3.05) is 20.3 Å². The van der Waals surface area contributed by atoms with Gasteiger partial charge in [0.2, 0.25) is 0 Å². The number of methoxy groups -OCH3 is 1. The predicted octanol–water partition coefficient (Wildman–Crippen LogP) is 2.17. The van der Waals surface area contributed by atoms with E-state index < -0.39 is 5.60 Å². The maximum absolute atomic E-state index is 12.0. The number of hydrogen-bond acceptors (Lipinski definition) is 3. The minimum absolute atomic E-state index is 0.168. The predicted molar refractivity (Wildman–Crippen MR) is 75.6 cm³/mol. The van der Waals surface area contributed by atoms with Gasteiger partial charge in [-0.1, -0.05) is 17.7 Å². The summed E-state index contributed by atoms with van der Waals surface area (Å²) in [4.78, 5) is 12.0. The minimum Gasteiger partial charge on any atom is -0.388 e. The fourth-order valence-corrected chi connectivity index (χ4v) is 1.79. The molecule has 0 aromatic heterocycles. The highest BCUT2D eigenvalue weighted by Gasteiger charge is 2.21. The van der Waals surface area contributed by atoms with E-state index in [2.05, 4.69) is 5.32 Å². The molecule has 1 aromatic rings. The largest absolute Gasteiger partial charge is 0.388 e. The van der Waals surface area contributed by atoms with E-state index in [0.29, 0.717) is 23.6 Å². The zero-order valence-electron chi connectivity index (χ0n) is 11.5. The van der Waals surface area contributed by atoms with Crippen molar-refractivity contribution >= 4 is 17.5 Å². The Morgan fingerprint density at radius 3 is 2.84 bits per heavy atom. The van der Waals surface area contributed by atoms with Crippen LogP contribution in [0.1, 0.15) is 29.3 Å². The molecule has 5 heteroatoms. The van der Waals surface area contributed by atoms with E-state index in [1.54, 1.807) is 32.2 Å². The third-order valence-corrected chi connectivity index (χ3v) is 3.15. The normalized spacial score (nSPS) is 13.9. The van der Waals surface area contributed by atoms with Gasteiger partial charge in [-0.25, -0.2) is 0 Å². The molecule has 0 saturated heterocycles. The summed E-state index contributed by atoms with van der Waals surface area (Å²) in [6.07, 6.45) is 0.457. The van der Waals surface area contributed by atoms with Crippen molar-refractivity contribution < 1.29 is 14.6 Å². The van der Waals surface area contributed by atoms with Crippen LogP contribution in [0.3, 0.4) is 0 Å². The summed E-state index contributed by atoms with van der Waals surface area (Å²) in [6.45, 7) is 4.12. The molecule has 0 radical (unpaired) electrons. The lowest BCUT2D eigenvalue weighted by Gasteiger charge is -2.23. The van der Waals surface area contributed by atoms with Gasteiger partial charge in [-0.15, -0.1) is 0 Å². The van der Waals surface area contributed by atoms with Crippen LogP contribution in [0.15, 0.2) is 18.2 Å². The Kier molecular flexibility index (Phi) is 5.79. The maximum Gasteiger partial charge on any atom is 0.251 e. The molecule has 1 amide bonds. The van der Waals surface area contributed by atoms with Gasteiger partial charge in [-0.2, -0.15) is 0 Å². The molecule has 0 fully saturated rings. The number of hydrogen-bond donors (Lipinski definition) is 2. The van der Waals surface area contributed by atoms with Crippen molar-refractivity contribution in [2.45, 2.75) is 25.9 Å². The molecule has 0 aliphatic rings. The molecule has 1 aromatic carbocycles. The number of nitrogens with one attached hydrogen (secondary N) is 1. The van der Waals surface area contributed by atoms with Gasteiger partial charge in [0.15, 0.2) is 0 Å². The van der Waals surface area contributed by atoms with Gasteiger partial charge < -0.3 is 15.2 Å².